The van der Waals surface area contributed by atoms with E-state index in [0.717, 1.165) is 4.47 Å². The average Bonchev–Trinajstić information content (AvgIpc) is 2.70. The lowest BCUT2D eigenvalue weighted by Crippen LogP contribution is -2.42. The number of hydrogen-bond acceptors (Lipinski definition) is 3. The van der Waals surface area contributed by atoms with Crippen LogP contribution < -0.4 is 0 Å². The van der Waals surface area contributed by atoms with E-state index in [1.165, 1.54) is 4.90 Å². The fourth-order valence-electron chi connectivity index (χ4n) is 3.14. The highest BCUT2D eigenvalue weighted by atomic mass is 79.9. The molecular formula is C15H14BrNO4. The molecule has 110 valence electrons. The van der Waals surface area contributed by atoms with E-state index >= 15 is 0 Å². The fraction of sp³-hybridized carbons (Fsp3) is 0.400. The van der Waals surface area contributed by atoms with Crippen molar-refractivity contribution in [3.63, 3.8) is 0 Å². The number of carbonyl (C=O) groups excluding carboxylic acids is 2. The van der Waals surface area contributed by atoms with E-state index in [2.05, 4.69) is 15.9 Å². The zero-order valence-electron chi connectivity index (χ0n) is 11.2. The molecule has 1 heterocycles. The molecule has 2 amide bonds. The van der Waals surface area contributed by atoms with Crippen molar-refractivity contribution in [2.45, 2.75) is 31.7 Å². The molecule has 6 heteroatoms. The van der Waals surface area contributed by atoms with Crippen LogP contribution in [-0.4, -0.2) is 33.8 Å². The van der Waals surface area contributed by atoms with Crippen LogP contribution in [0.15, 0.2) is 22.7 Å². The van der Waals surface area contributed by atoms with Crippen molar-refractivity contribution < 1.29 is 19.5 Å². The number of hydrogen-bond donors (Lipinski definition) is 1. The molecule has 2 aliphatic rings. The van der Waals surface area contributed by atoms with Gasteiger partial charge in [0.25, 0.3) is 11.8 Å². The summed E-state index contributed by atoms with van der Waals surface area (Å²) in [5, 5.41) is 9.01. The molecule has 1 aromatic carbocycles. The van der Waals surface area contributed by atoms with Crippen LogP contribution in [0.1, 0.15) is 46.4 Å². The first-order chi connectivity index (χ1) is 9.99. The Morgan fingerprint density at radius 3 is 2.33 bits per heavy atom. The van der Waals surface area contributed by atoms with Crippen LogP contribution in [0.4, 0.5) is 0 Å². The molecule has 1 saturated carbocycles. The third-order valence-corrected chi connectivity index (χ3v) is 4.78. The van der Waals surface area contributed by atoms with E-state index < -0.39 is 5.97 Å². The quantitative estimate of drug-likeness (QED) is 0.831. The Morgan fingerprint density at radius 1 is 1.10 bits per heavy atom. The lowest BCUT2D eigenvalue weighted by atomic mass is 9.85. The predicted molar refractivity (Wildman–Crippen MR) is 78.0 cm³/mol. The highest BCUT2D eigenvalue weighted by Crippen LogP contribution is 2.34. The first kappa shape index (κ1) is 14.3. The van der Waals surface area contributed by atoms with Crippen molar-refractivity contribution in [3.05, 3.63) is 33.8 Å². The Morgan fingerprint density at radius 2 is 1.71 bits per heavy atom. The van der Waals surface area contributed by atoms with Gasteiger partial charge in [-0.1, -0.05) is 15.9 Å². The fourth-order valence-corrected chi connectivity index (χ4v) is 3.51. The van der Waals surface area contributed by atoms with E-state index in [4.69, 9.17) is 5.11 Å². The number of amides is 2. The number of carbonyl (C=O) groups is 3. The first-order valence-corrected chi connectivity index (χ1v) is 7.68. The molecule has 1 fully saturated rings. The molecule has 1 aliphatic heterocycles. The molecule has 0 unspecified atom stereocenters. The normalized spacial score (nSPS) is 25.1. The molecule has 0 radical (unpaired) electrons. The molecule has 0 spiro atoms. The van der Waals surface area contributed by atoms with Gasteiger partial charge in [0.1, 0.15) is 0 Å². The van der Waals surface area contributed by atoms with Crippen molar-refractivity contribution in [1.29, 1.82) is 0 Å². The minimum absolute atomic E-state index is 0.188. The molecule has 3 rings (SSSR count). The van der Waals surface area contributed by atoms with Gasteiger partial charge in [0.15, 0.2) is 0 Å². The highest BCUT2D eigenvalue weighted by Gasteiger charge is 2.41. The molecule has 5 nitrogen and oxygen atoms in total. The first-order valence-electron chi connectivity index (χ1n) is 6.89. The summed E-state index contributed by atoms with van der Waals surface area (Å²) in [4.78, 5) is 37.1. The van der Waals surface area contributed by atoms with E-state index in [1.807, 2.05) is 0 Å². The summed E-state index contributed by atoms with van der Waals surface area (Å²) >= 11 is 3.30. The molecule has 0 bridgehead atoms. The standard InChI is InChI=1S/C15H14BrNO4/c16-9-3-6-11-12(7-9)14(19)17(13(11)18)10-4-1-8(2-5-10)15(20)21/h3,6-8,10H,1-2,4-5H2,(H,20,21). The van der Waals surface area contributed by atoms with Crippen molar-refractivity contribution >= 4 is 33.7 Å². The predicted octanol–water partition coefficient (Wildman–Crippen LogP) is 2.69. The Kier molecular flexibility index (Phi) is 3.57. The smallest absolute Gasteiger partial charge is 0.306 e. The summed E-state index contributed by atoms with van der Waals surface area (Å²) in [7, 11) is 0. The minimum Gasteiger partial charge on any atom is -0.481 e. The minimum atomic E-state index is -0.792. The van der Waals surface area contributed by atoms with Crippen LogP contribution in [0.25, 0.3) is 0 Å². The summed E-state index contributed by atoms with van der Waals surface area (Å²) in [6.07, 6.45) is 2.14. The number of rotatable bonds is 2. The van der Waals surface area contributed by atoms with Gasteiger partial charge in [-0.2, -0.15) is 0 Å². The van der Waals surface area contributed by atoms with Crippen LogP contribution >= 0.6 is 15.9 Å². The number of imide groups is 1. The van der Waals surface area contributed by atoms with Gasteiger partial charge in [-0.15, -0.1) is 0 Å². The topological polar surface area (TPSA) is 74.7 Å². The number of benzene rings is 1. The lowest BCUT2D eigenvalue weighted by molar-refractivity contribution is -0.143. The van der Waals surface area contributed by atoms with Gasteiger partial charge in [-0.25, -0.2) is 0 Å². The zero-order chi connectivity index (χ0) is 15.1. The molecule has 1 aromatic rings. The van der Waals surface area contributed by atoms with Gasteiger partial charge in [0.2, 0.25) is 0 Å². The summed E-state index contributed by atoms with van der Waals surface area (Å²) in [5.74, 6) is -1.68. The van der Waals surface area contributed by atoms with E-state index in [0.29, 0.717) is 36.8 Å². The maximum Gasteiger partial charge on any atom is 0.306 e. The van der Waals surface area contributed by atoms with Crippen molar-refractivity contribution in [3.8, 4) is 0 Å². The van der Waals surface area contributed by atoms with Crippen LogP contribution in [0.3, 0.4) is 0 Å². The number of carboxylic acid groups (broad SMARTS) is 1. The van der Waals surface area contributed by atoms with Crippen LogP contribution in [-0.2, 0) is 4.79 Å². The Balaban J connectivity index is 1.81. The number of aliphatic carboxylic acids is 1. The van der Waals surface area contributed by atoms with Gasteiger partial charge in [-0.3, -0.25) is 19.3 Å². The molecule has 1 aliphatic carbocycles. The second kappa shape index (κ2) is 5.26. The second-order valence-electron chi connectivity index (χ2n) is 5.51. The van der Waals surface area contributed by atoms with E-state index in [-0.39, 0.29) is 23.8 Å². The largest absolute Gasteiger partial charge is 0.481 e. The molecule has 0 atom stereocenters. The average molecular weight is 352 g/mol. The molecule has 21 heavy (non-hydrogen) atoms. The molecule has 1 N–H and O–H groups in total. The van der Waals surface area contributed by atoms with Gasteiger partial charge in [0.05, 0.1) is 17.0 Å². The zero-order valence-corrected chi connectivity index (χ0v) is 12.8. The summed E-state index contributed by atoms with van der Waals surface area (Å²) in [6, 6.07) is 4.88. The van der Waals surface area contributed by atoms with E-state index in [9.17, 15) is 14.4 Å². The SMILES string of the molecule is O=C(O)C1CCC(N2C(=O)c3ccc(Br)cc3C2=O)CC1. The Hall–Kier alpha value is -1.69. The van der Waals surface area contributed by atoms with Gasteiger partial charge >= 0.3 is 5.97 Å². The second-order valence-corrected chi connectivity index (χ2v) is 6.43. The summed E-state index contributed by atoms with van der Waals surface area (Å²) in [6.45, 7) is 0. The number of nitrogens with zero attached hydrogens (tertiary/aromatic N) is 1. The summed E-state index contributed by atoms with van der Waals surface area (Å²) < 4.78 is 0.763. The van der Waals surface area contributed by atoms with Crippen LogP contribution in [0, 0.1) is 5.92 Å². The van der Waals surface area contributed by atoms with Gasteiger partial charge in [0, 0.05) is 10.5 Å². The Labute approximate surface area is 130 Å². The van der Waals surface area contributed by atoms with Gasteiger partial charge < -0.3 is 5.11 Å². The van der Waals surface area contributed by atoms with Crippen molar-refractivity contribution in [1.82, 2.24) is 4.90 Å². The molecule has 0 saturated heterocycles. The van der Waals surface area contributed by atoms with Crippen molar-refractivity contribution in [2.24, 2.45) is 5.92 Å². The van der Waals surface area contributed by atoms with Crippen molar-refractivity contribution in [2.75, 3.05) is 0 Å². The number of fused-ring (bicyclic) bond motifs is 1. The maximum atomic E-state index is 12.4. The summed E-state index contributed by atoms with van der Waals surface area (Å²) in [5.41, 5.74) is 0.860. The third kappa shape index (κ3) is 2.37. The number of halogens is 1. The molecular weight excluding hydrogens is 338 g/mol. The molecule has 0 aromatic heterocycles. The number of carboxylic acids is 1. The van der Waals surface area contributed by atoms with Gasteiger partial charge in [-0.05, 0) is 43.9 Å². The monoisotopic (exact) mass is 351 g/mol. The Bertz CT molecular complexity index is 635. The van der Waals surface area contributed by atoms with Crippen LogP contribution in [0.5, 0.6) is 0 Å². The highest BCUT2D eigenvalue weighted by molar-refractivity contribution is 9.10. The van der Waals surface area contributed by atoms with E-state index in [1.54, 1.807) is 18.2 Å². The third-order valence-electron chi connectivity index (χ3n) is 4.29. The maximum absolute atomic E-state index is 12.4. The van der Waals surface area contributed by atoms with Crippen LogP contribution in [0.2, 0.25) is 0 Å². The lowest BCUT2D eigenvalue weighted by Gasteiger charge is -2.31.